The van der Waals surface area contributed by atoms with Crippen molar-refractivity contribution in [1.82, 2.24) is 0 Å². The maximum atomic E-state index is 5.39. The van der Waals surface area contributed by atoms with Crippen LogP contribution in [0.4, 0.5) is 11.4 Å². The molecule has 1 fully saturated rings. The van der Waals surface area contributed by atoms with Crippen LogP contribution in [0.25, 0.3) is 0 Å². The molecule has 1 aliphatic rings. The second-order valence-electron chi connectivity index (χ2n) is 12.7. The largest absolute Gasteiger partial charge is 0.251 e. The molecular formula is C32H46N2. The molecule has 0 N–H and O–H groups in total. The van der Waals surface area contributed by atoms with Crippen molar-refractivity contribution in [3.63, 3.8) is 0 Å². The molecule has 0 radical (unpaired) electrons. The van der Waals surface area contributed by atoms with E-state index in [0.29, 0.717) is 11.8 Å². The fourth-order valence-corrected chi connectivity index (χ4v) is 4.76. The fraction of sp³-hybridized carbons (Fsp3) is 0.562. The Labute approximate surface area is 209 Å². The molecule has 184 valence electrons. The highest BCUT2D eigenvalue weighted by molar-refractivity contribution is 6.43. The molecule has 1 saturated carbocycles. The van der Waals surface area contributed by atoms with E-state index in [1.54, 1.807) is 0 Å². The van der Waals surface area contributed by atoms with Gasteiger partial charge in [-0.15, -0.1) is 0 Å². The van der Waals surface area contributed by atoms with E-state index < -0.39 is 0 Å². The van der Waals surface area contributed by atoms with Gasteiger partial charge in [-0.25, -0.2) is 0 Å². The van der Waals surface area contributed by atoms with Crippen molar-refractivity contribution < 1.29 is 0 Å². The first-order valence-electron chi connectivity index (χ1n) is 13.2. The van der Waals surface area contributed by atoms with Crippen LogP contribution in [0, 0.1) is 0 Å². The van der Waals surface area contributed by atoms with E-state index in [1.807, 2.05) is 0 Å². The summed E-state index contributed by atoms with van der Waals surface area (Å²) in [5, 5.41) is 0. The van der Waals surface area contributed by atoms with Crippen LogP contribution in [0.3, 0.4) is 0 Å². The lowest BCUT2D eigenvalue weighted by atomic mass is 9.81. The maximum Gasteiger partial charge on any atom is 0.0702 e. The summed E-state index contributed by atoms with van der Waals surface area (Å²) in [7, 11) is 0. The van der Waals surface area contributed by atoms with Crippen LogP contribution in [0.15, 0.2) is 46.4 Å². The van der Waals surface area contributed by atoms with Crippen molar-refractivity contribution in [2.75, 3.05) is 0 Å². The number of hydrogen-bond donors (Lipinski definition) is 0. The molecule has 0 amide bonds. The quantitative estimate of drug-likeness (QED) is 0.435. The Bertz CT molecular complexity index is 1040. The Morgan fingerprint density at radius 2 is 1.21 bits per heavy atom. The molecule has 2 aromatic rings. The number of rotatable bonds is 4. The number of aliphatic imine (C=N–C) groups is 2. The molecule has 3 rings (SSSR count). The summed E-state index contributed by atoms with van der Waals surface area (Å²) >= 11 is 0. The Morgan fingerprint density at radius 3 is 1.68 bits per heavy atom. The van der Waals surface area contributed by atoms with Crippen LogP contribution in [0.1, 0.15) is 129 Å². The third-order valence-electron chi connectivity index (χ3n) is 6.93. The Kier molecular flexibility index (Phi) is 7.90. The molecule has 0 aliphatic heterocycles. The number of hydrogen-bond acceptors (Lipinski definition) is 2. The molecule has 0 spiro atoms. The summed E-state index contributed by atoms with van der Waals surface area (Å²) in [4.78, 5) is 10.8. The van der Waals surface area contributed by atoms with Gasteiger partial charge in [-0.3, -0.25) is 9.98 Å². The molecule has 2 nitrogen and oxygen atoms in total. The zero-order valence-electron chi connectivity index (χ0n) is 23.3. The maximum absolute atomic E-state index is 5.39. The highest BCUT2D eigenvalue weighted by atomic mass is 14.8. The van der Waals surface area contributed by atoms with Crippen LogP contribution >= 0.6 is 0 Å². The van der Waals surface area contributed by atoms with Gasteiger partial charge in [0, 0.05) is 0 Å². The highest BCUT2D eigenvalue weighted by Crippen LogP contribution is 2.38. The summed E-state index contributed by atoms with van der Waals surface area (Å²) in [6, 6.07) is 13.6. The van der Waals surface area contributed by atoms with E-state index in [9.17, 15) is 0 Å². The topological polar surface area (TPSA) is 24.7 Å². The van der Waals surface area contributed by atoms with Crippen molar-refractivity contribution in [3.8, 4) is 0 Å². The number of benzene rings is 2. The lowest BCUT2D eigenvalue weighted by Gasteiger charge is -2.26. The summed E-state index contributed by atoms with van der Waals surface area (Å²) in [5.74, 6) is 0.885. The van der Waals surface area contributed by atoms with Crippen molar-refractivity contribution in [1.29, 1.82) is 0 Å². The SMILES string of the molecule is CC(C)c1cccc(C(C)C)c1N=C1CCCCC1=Nc1cc(C(C)(C)C)ccc1C(C)(C)C. The molecule has 0 heterocycles. The van der Waals surface area contributed by atoms with Gasteiger partial charge in [-0.1, -0.05) is 99.6 Å². The van der Waals surface area contributed by atoms with Gasteiger partial charge in [0.2, 0.25) is 0 Å². The van der Waals surface area contributed by atoms with E-state index in [2.05, 4.69) is 106 Å². The molecule has 0 bridgehead atoms. The van der Waals surface area contributed by atoms with Gasteiger partial charge in [-0.2, -0.15) is 0 Å². The lowest BCUT2D eigenvalue weighted by Crippen LogP contribution is -2.20. The van der Waals surface area contributed by atoms with Crippen LogP contribution in [0.5, 0.6) is 0 Å². The summed E-state index contributed by atoms with van der Waals surface area (Å²) in [6.07, 6.45) is 4.38. The molecule has 0 aromatic heterocycles. The third-order valence-corrected chi connectivity index (χ3v) is 6.93. The van der Waals surface area contributed by atoms with Gasteiger partial charge in [-0.05, 0) is 76.7 Å². The molecule has 0 unspecified atom stereocenters. The first-order chi connectivity index (χ1) is 15.8. The molecule has 1 aliphatic carbocycles. The van der Waals surface area contributed by atoms with Gasteiger partial charge in [0.25, 0.3) is 0 Å². The Hall–Kier alpha value is -2.22. The third kappa shape index (κ3) is 6.06. The van der Waals surface area contributed by atoms with Crippen molar-refractivity contribution in [3.05, 3.63) is 58.7 Å². The zero-order valence-corrected chi connectivity index (χ0v) is 23.3. The minimum atomic E-state index is 0.0385. The lowest BCUT2D eigenvalue weighted by molar-refractivity contribution is 0.578. The Balaban J connectivity index is 2.20. The normalized spacial score (nSPS) is 17.9. The average molecular weight is 459 g/mol. The zero-order chi connectivity index (χ0) is 25.3. The fourth-order valence-electron chi connectivity index (χ4n) is 4.76. The van der Waals surface area contributed by atoms with E-state index in [4.69, 9.17) is 9.98 Å². The summed E-state index contributed by atoms with van der Waals surface area (Å²) < 4.78 is 0. The predicted octanol–water partition coefficient (Wildman–Crippen LogP) is 9.95. The molecule has 2 aromatic carbocycles. The predicted molar refractivity (Wildman–Crippen MR) is 151 cm³/mol. The van der Waals surface area contributed by atoms with Gasteiger partial charge >= 0.3 is 0 Å². The first-order valence-corrected chi connectivity index (χ1v) is 13.2. The molecule has 34 heavy (non-hydrogen) atoms. The summed E-state index contributed by atoms with van der Waals surface area (Å²) in [6.45, 7) is 22.8. The number of nitrogens with zero attached hydrogens (tertiary/aromatic N) is 2. The monoisotopic (exact) mass is 458 g/mol. The minimum Gasteiger partial charge on any atom is -0.251 e. The van der Waals surface area contributed by atoms with E-state index in [-0.39, 0.29) is 10.8 Å². The molecule has 0 atom stereocenters. The van der Waals surface area contributed by atoms with Crippen molar-refractivity contribution >= 4 is 22.8 Å². The molecule has 0 saturated heterocycles. The van der Waals surface area contributed by atoms with Crippen LogP contribution < -0.4 is 0 Å². The Morgan fingerprint density at radius 1 is 0.676 bits per heavy atom. The highest BCUT2D eigenvalue weighted by Gasteiger charge is 2.24. The van der Waals surface area contributed by atoms with E-state index in [0.717, 1.165) is 18.5 Å². The smallest absolute Gasteiger partial charge is 0.0702 e. The van der Waals surface area contributed by atoms with Crippen LogP contribution in [-0.4, -0.2) is 11.4 Å². The van der Waals surface area contributed by atoms with Gasteiger partial charge in [0.15, 0.2) is 0 Å². The average Bonchev–Trinajstić information content (AvgIpc) is 2.73. The van der Waals surface area contributed by atoms with Crippen LogP contribution in [0.2, 0.25) is 0 Å². The van der Waals surface area contributed by atoms with Crippen LogP contribution in [-0.2, 0) is 10.8 Å². The van der Waals surface area contributed by atoms with Gasteiger partial charge < -0.3 is 0 Å². The van der Waals surface area contributed by atoms with Gasteiger partial charge in [0.1, 0.15) is 0 Å². The van der Waals surface area contributed by atoms with E-state index in [1.165, 1.54) is 52.2 Å². The van der Waals surface area contributed by atoms with Crippen molar-refractivity contribution in [2.24, 2.45) is 9.98 Å². The number of para-hydroxylation sites is 1. The first kappa shape index (κ1) is 26.4. The van der Waals surface area contributed by atoms with E-state index >= 15 is 0 Å². The second kappa shape index (κ2) is 10.2. The van der Waals surface area contributed by atoms with Gasteiger partial charge in [0.05, 0.1) is 22.8 Å². The standard InChI is InChI=1S/C32H46N2/c1-21(2)24-14-13-15-25(22(3)4)30(24)34-28-17-12-11-16-27(28)33-29-20-23(31(5,6)7)18-19-26(29)32(8,9)10/h13-15,18-22H,11-12,16-17H2,1-10H3. The minimum absolute atomic E-state index is 0.0385. The molecule has 2 heteroatoms. The summed E-state index contributed by atoms with van der Waals surface area (Å²) in [5.41, 5.74) is 10.1. The van der Waals surface area contributed by atoms with Crippen molar-refractivity contribution in [2.45, 2.75) is 118 Å². The molecular weight excluding hydrogens is 412 g/mol. The second-order valence-corrected chi connectivity index (χ2v) is 12.7.